The van der Waals surface area contributed by atoms with Gasteiger partial charge in [0.2, 0.25) is 5.91 Å². The Kier molecular flexibility index (Phi) is 4.13. The van der Waals surface area contributed by atoms with Crippen LogP contribution in [0.2, 0.25) is 0 Å². The van der Waals surface area contributed by atoms with Crippen molar-refractivity contribution in [3.8, 4) is 11.5 Å². The van der Waals surface area contributed by atoms with Gasteiger partial charge in [-0.25, -0.2) is 0 Å². The van der Waals surface area contributed by atoms with E-state index in [1.165, 1.54) is 21.1 Å². The Hall–Kier alpha value is -2.57. The maximum atomic E-state index is 13.2. The molecule has 3 atom stereocenters. The predicted octanol–water partition coefficient (Wildman–Crippen LogP) is 2.36. The van der Waals surface area contributed by atoms with Crippen molar-refractivity contribution < 1.29 is 28.6 Å². The lowest BCUT2D eigenvalue weighted by Gasteiger charge is -2.39. The number of hydrogen-bond donors (Lipinski definition) is 0. The molecule has 1 saturated carbocycles. The number of nitrogens with zero attached hydrogens (tertiary/aromatic N) is 1. The fraction of sp³-hybridized carbons (Fsp3) is 0.550. The van der Waals surface area contributed by atoms with Crippen LogP contribution in [-0.2, 0) is 14.3 Å². The molecule has 0 N–H and O–H groups in total. The molecule has 27 heavy (non-hydrogen) atoms. The van der Waals surface area contributed by atoms with Gasteiger partial charge in [-0.3, -0.25) is 14.4 Å². The number of hydrogen-bond acceptors (Lipinski definition) is 6. The largest absolute Gasteiger partial charge is 0.493 e. The number of benzene rings is 1. The smallest absolute Gasteiger partial charge is 0.302 e. The van der Waals surface area contributed by atoms with Crippen LogP contribution in [0.3, 0.4) is 0 Å². The van der Waals surface area contributed by atoms with Crippen molar-refractivity contribution >= 4 is 23.3 Å². The van der Waals surface area contributed by atoms with E-state index in [4.69, 9.17) is 14.2 Å². The Balaban J connectivity index is 1.76. The lowest BCUT2D eigenvalue weighted by atomic mass is 9.75. The second kappa shape index (κ2) is 6.25. The third-order valence-corrected chi connectivity index (χ3v) is 6.28. The molecule has 2 heterocycles. The van der Waals surface area contributed by atoms with Gasteiger partial charge in [-0.2, -0.15) is 0 Å². The van der Waals surface area contributed by atoms with Crippen LogP contribution < -0.4 is 14.4 Å². The molecule has 1 aromatic carbocycles. The maximum absolute atomic E-state index is 13.2. The van der Waals surface area contributed by atoms with Gasteiger partial charge in [0.05, 0.1) is 32.6 Å². The van der Waals surface area contributed by atoms with Crippen molar-refractivity contribution in [3.05, 3.63) is 17.7 Å². The topological polar surface area (TPSA) is 82.1 Å². The van der Waals surface area contributed by atoms with Gasteiger partial charge in [-0.15, -0.1) is 0 Å². The van der Waals surface area contributed by atoms with Gasteiger partial charge >= 0.3 is 5.97 Å². The number of amides is 1. The minimum atomic E-state index is -0.330. The number of carbonyl (C=O) groups is 3. The molecule has 0 spiro atoms. The zero-order chi connectivity index (χ0) is 19.3. The lowest BCUT2D eigenvalue weighted by Crippen LogP contribution is -2.48. The summed E-state index contributed by atoms with van der Waals surface area (Å²) in [6, 6.07) is 3.22. The molecule has 0 radical (unpaired) electrons. The average molecular weight is 373 g/mol. The van der Waals surface area contributed by atoms with Gasteiger partial charge in [0.1, 0.15) is 0 Å². The lowest BCUT2D eigenvalue weighted by molar-refractivity contribution is -0.141. The quantitative estimate of drug-likeness (QED) is 0.737. The number of rotatable bonds is 5. The summed E-state index contributed by atoms with van der Waals surface area (Å²) >= 11 is 0. The molecular weight excluding hydrogens is 350 g/mol. The molecule has 7 nitrogen and oxygen atoms in total. The van der Waals surface area contributed by atoms with Gasteiger partial charge in [-0.05, 0) is 25.3 Å². The molecule has 144 valence electrons. The number of esters is 1. The van der Waals surface area contributed by atoms with E-state index >= 15 is 0 Å². The third kappa shape index (κ3) is 2.51. The van der Waals surface area contributed by atoms with Crippen LogP contribution in [-0.4, -0.2) is 44.5 Å². The minimum absolute atomic E-state index is 0.00787. The summed E-state index contributed by atoms with van der Waals surface area (Å²) in [6.07, 6.45) is 2.48. The summed E-state index contributed by atoms with van der Waals surface area (Å²) in [4.78, 5) is 39.1. The fourth-order valence-electron chi connectivity index (χ4n) is 5.15. The van der Waals surface area contributed by atoms with Crippen LogP contribution in [0.4, 0.5) is 5.69 Å². The Bertz CT molecular complexity index is 834. The highest BCUT2D eigenvalue weighted by molar-refractivity contribution is 6.13. The third-order valence-electron chi connectivity index (χ3n) is 6.28. The van der Waals surface area contributed by atoms with Crippen molar-refractivity contribution in [2.75, 3.05) is 25.7 Å². The molecule has 0 bridgehead atoms. The Morgan fingerprint density at radius 1 is 1.22 bits per heavy atom. The summed E-state index contributed by atoms with van der Waals surface area (Å²) in [7, 11) is 3.06. The van der Waals surface area contributed by atoms with E-state index in [-0.39, 0.29) is 41.6 Å². The summed E-state index contributed by atoms with van der Waals surface area (Å²) in [6.45, 7) is 1.65. The van der Waals surface area contributed by atoms with Crippen LogP contribution in [0, 0.1) is 11.3 Å². The van der Waals surface area contributed by atoms with Gasteiger partial charge in [0.15, 0.2) is 17.3 Å². The van der Waals surface area contributed by atoms with E-state index < -0.39 is 0 Å². The fourth-order valence-corrected chi connectivity index (χ4v) is 5.15. The number of fused-ring (bicyclic) bond motifs is 2. The second-order valence-corrected chi connectivity index (χ2v) is 7.57. The van der Waals surface area contributed by atoms with Crippen molar-refractivity contribution in [2.45, 2.75) is 38.6 Å². The van der Waals surface area contributed by atoms with Crippen molar-refractivity contribution in [1.82, 2.24) is 0 Å². The average Bonchev–Trinajstić information content (AvgIpc) is 3.13. The molecule has 1 unspecified atom stereocenters. The van der Waals surface area contributed by atoms with Crippen molar-refractivity contribution in [1.29, 1.82) is 0 Å². The van der Waals surface area contributed by atoms with Crippen LogP contribution in [0.15, 0.2) is 12.1 Å². The SMILES string of the molecule is COc1cc2c(cc1OC)N1C(=O)C[C@@]3(CCOC(C)=O)CC[C@H](C2=O)C13. The molecule has 7 heteroatoms. The van der Waals surface area contributed by atoms with E-state index in [9.17, 15) is 14.4 Å². The highest BCUT2D eigenvalue weighted by Crippen LogP contribution is 2.59. The summed E-state index contributed by atoms with van der Waals surface area (Å²) in [5.41, 5.74) is 0.789. The number of Topliss-reactive ketones (excluding diaryl/α,β-unsaturated/α-hetero) is 1. The Morgan fingerprint density at radius 2 is 1.93 bits per heavy atom. The molecule has 4 rings (SSSR count). The standard InChI is InChI=1S/C20H23NO6/c1-11(22)27-7-6-20-5-4-12-18(24)13-8-15(25-2)16(26-3)9-14(13)21(19(12)20)17(23)10-20/h8-9,12,19H,4-7,10H2,1-3H3/t12-,19?,20+/m1/s1. The number of carbonyl (C=O) groups excluding carboxylic acids is 3. The van der Waals surface area contributed by atoms with Gasteiger partial charge in [-0.1, -0.05) is 0 Å². The number of ketones is 1. The highest BCUT2D eigenvalue weighted by atomic mass is 16.5. The van der Waals surface area contributed by atoms with E-state index in [0.29, 0.717) is 35.6 Å². The first-order chi connectivity index (χ1) is 12.9. The first-order valence-corrected chi connectivity index (χ1v) is 9.17. The summed E-state index contributed by atoms with van der Waals surface area (Å²) in [5, 5.41) is 0. The molecule has 1 saturated heterocycles. The van der Waals surface area contributed by atoms with Crippen LogP contribution in [0.25, 0.3) is 0 Å². The minimum Gasteiger partial charge on any atom is -0.493 e. The zero-order valence-electron chi connectivity index (χ0n) is 15.7. The van der Waals surface area contributed by atoms with Crippen molar-refractivity contribution in [2.24, 2.45) is 11.3 Å². The number of methoxy groups -OCH3 is 2. The van der Waals surface area contributed by atoms with E-state index in [1.54, 1.807) is 17.0 Å². The normalized spacial score (nSPS) is 28.0. The summed E-state index contributed by atoms with van der Waals surface area (Å²) < 4.78 is 15.8. The molecular formula is C20H23NO6. The summed E-state index contributed by atoms with van der Waals surface area (Å²) in [5.74, 6) is 0.479. The molecule has 0 aromatic heterocycles. The van der Waals surface area contributed by atoms with E-state index in [0.717, 1.165) is 12.8 Å². The van der Waals surface area contributed by atoms with E-state index in [1.807, 2.05) is 0 Å². The molecule has 1 aromatic rings. The van der Waals surface area contributed by atoms with Gasteiger partial charge < -0.3 is 19.1 Å². The number of ether oxygens (including phenoxy) is 3. The highest BCUT2D eigenvalue weighted by Gasteiger charge is 2.62. The van der Waals surface area contributed by atoms with Crippen molar-refractivity contribution in [3.63, 3.8) is 0 Å². The zero-order valence-corrected chi connectivity index (χ0v) is 15.7. The van der Waals surface area contributed by atoms with Crippen LogP contribution in [0.1, 0.15) is 43.0 Å². The first-order valence-electron chi connectivity index (χ1n) is 9.17. The van der Waals surface area contributed by atoms with E-state index in [2.05, 4.69) is 0 Å². The monoisotopic (exact) mass is 373 g/mol. The van der Waals surface area contributed by atoms with Gasteiger partial charge in [0.25, 0.3) is 0 Å². The van der Waals surface area contributed by atoms with Crippen LogP contribution >= 0.6 is 0 Å². The Morgan fingerprint density at radius 3 is 2.59 bits per heavy atom. The number of anilines is 1. The molecule has 2 fully saturated rings. The maximum Gasteiger partial charge on any atom is 0.302 e. The predicted molar refractivity (Wildman–Crippen MR) is 96.2 cm³/mol. The Labute approximate surface area is 157 Å². The van der Waals surface area contributed by atoms with Crippen LogP contribution in [0.5, 0.6) is 11.5 Å². The second-order valence-electron chi connectivity index (χ2n) is 7.57. The molecule has 3 aliphatic rings. The first kappa shape index (κ1) is 17.8. The molecule has 1 amide bonds. The molecule has 2 aliphatic heterocycles. The molecule has 1 aliphatic carbocycles. The van der Waals surface area contributed by atoms with Gasteiger partial charge in [0, 0.05) is 36.3 Å².